The minimum Gasteiger partial charge on any atom is -0.374 e. The minimum atomic E-state index is -2.53. The molecule has 202 valence electrons. The molecule has 0 saturated carbocycles. The molecule has 1 unspecified atom stereocenters. The van der Waals surface area contributed by atoms with E-state index in [1.54, 1.807) is 0 Å². The third-order valence-corrected chi connectivity index (χ3v) is 9.97. The lowest BCUT2D eigenvalue weighted by Crippen LogP contribution is -2.46. The summed E-state index contributed by atoms with van der Waals surface area (Å²) < 4.78 is 18.1. The van der Waals surface area contributed by atoms with Crippen molar-refractivity contribution >= 4 is 20.4 Å². The molecule has 0 saturated heterocycles. The van der Waals surface area contributed by atoms with Gasteiger partial charge < -0.3 is 19.4 Å². The fourth-order valence-electron chi connectivity index (χ4n) is 4.63. The molecular weight excluding hydrogens is 450 g/mol. The highest BCUT2D eigenvalue weighted by Gasteiger charge is 2.40. The van der Waals surface area contributed by atoms with E-state index in [-0.39, 0.29) is 11.0 Å². The van der Waals surface area contributed by atoms with Crippen LogP contribution in [0.1, 0.15) is 138 Å². The van der Waals surface area contributed by atoms with Crippen molar-refractivity contribution in [1.82, 2.24) is 6.15 Å². The smallest absolute Gasteiger partial charge is 0.374 e. The standard InChI is InChI=1S/C27H57ClO3Si.H3N/c1-7-11-12-13-14-15-16-17-18-19-20-21-23-26(27(5,6)28)24-22-25-32(29-8-2,30-9-3)31-10-4;/h26H,7-25H2,1-6H3;1H3. The fraction of sp³-hybridized carbons (Fsp3) is 1.00. The summed E-state index contributed by atoms with van der Waals surface area (Å²) in [5, 5.41) is 0. The highest BCUT2D eigenvalue weighted by molar-refractivity contribution is 6.60. The Morgan fingerprint density at radius 2 is 0.970 bits per heavy atom. The second kappa shape index (κ2) is 22.8. The van der Waals surface area contributed by atoms with E-state index in [0.29, 0.717) is 25.7 Å². The van der Waals surface area contributed by atoms with Crippen LogP contribution >= 0.6 is 11.6 Å². The van der Waals surface area contributed by atoms with Gasteiger partial charge in [0.05, 0.1) is 0 Å². The van der Waals surface area contributed by atoms with Crippen LogP contribution in [0.5, 0.6) is 0 Å². The van der Waals surface area contributed by atoms with Crippen LogP contribution < -0.4 is 6.15 Å². The third kappa shape index (κ3) is 19.2. The first-order chi connectivity index (χ1) is 15.3. The summed E-state index contributed by atoms with van der Waals surface area (Å²) in [6.07, 6.45) is 20.1. The van der Waals surface area contributed by atoms with E-state index in [9.17, 15) is 0 Å². The van der Waals surface area contributed by atoms with Gasteiger partial charge >= 0.3 is 8.80 Å². The highest BCUT2D eigenvalue weighted by atomic mass is 35.5. The summed E-state index contributed by atoms with van der Waals surface area (Å²) in [6, 6.07) is 0.893. The number of unbranched alkanes of at least 4 members (excludes halogenated alkanes) is 11. The number of rotatable bonds is 24. The maximum atomic E-state index is 6.79. The molecule has 33 heavy (non-hydrogen) atoms. The first-order valence-corrected chi connectivity index (χ1v) is 16.3. The average Bonchev–Trinajstić information content (AvgIpc) is 2.73. The van der Waals surface area contributed by atoms with Crippen molar-refractivity contribution in [2.75, 3.05) is 19.8 Å². The molecule has 0 fully saturated rings. The van der Waals surface area contributed by atoms with E-state index in [0.717, 1.165) is 18.9 Å². The van der Waals surface area contributed by atoms with Crippen molar-refractivity contribution < 1.29 is 13.3 Å². The van der Waals surface area contributed by atoms with Gasteiger partial charge in [-0.25, -0.2) is 0 Å². The summed E-state index contributed by atoms with van der Waals surface area (Å²) in [4.78, 5) is -0.162. The quantitative estimate of drug-likeness (QED) is 0.0798. The molecule has 1 atom stereocenters. The fourth-order valence-corrected chi connectivity index (χ4v) is 7.49. The molecule has 0 spiro atoms. The Morgan fingerprint density at radius 3 is 1.33 bits per heavy atom. The number of hydrogen-bond donors (Lipinski definition) is 1. The van der Waals surface area contributed by atoms with Crippen molar-refractivity contribution in [3.05, 3.63) is 0 Å². The van der Waals surface area contributed by atoms with Gasteiger partial charge in [0.25, 0.3) is 0 Å². The summed E-state index contributed by atoms with van der Waals surface area (Å²) in [7, 11) is -2.53. The first kappa shape index (κ1) is 35.5. The molecule has 0 aliphatic rings. The van der Waals surface area contributed by atoms with E-state index in [2.05, 4.69) is 20.8 Å². The predicted octanol–water partition coefficient (Wildman–Crippen LogP) is 9.70. The zero-order chi connectivity index (χ0) is 24.1. The maximum Gasteiger partial charge on any atom is 0.500 e. The zero-order valence-electron chi connectivity index (χ0n) is 23.3. The largest absolute Gasteiger partial charge is 0.500 e. The lowest BCUT2D eigenvalue weighted by molar-refractivity contribution is 0.0701. The van der Waals surface area contributed by atoms with Crippen LogP contribution in [0.15, 0.2) is 0 Å². The van der Waals surface area contributed by atoms with Gasteiger partial charge in [0.2, 0.25) is 0 Å². The Balaban J connectivity index is 0. The van der Waals surface area contributed by atoms with Gasteiger partial charge in [0.1, 0.15) is 0 Å². The van der Waals surface area contributed by atoms with Gasteiger partial charge in [-0.05, 0) is 59.8 Å². The van der Waals surface area contributed by atoms with E-state index >= 15 is 0 Å². The van der Waals surface area contributed by atoms with Crippen LogP contribution in [0.2, 0.25) is 6.04 Å². The summed E-state index contributed by atoms with van der Waals surface area (Å²) >= 11 is 6.79. The van der Waals surface area contributed by atoms with Gasteiger partial charge in [-0.1, -0.05) is 84.0 Å². The topological polar surface area (TPSA) is 62.7 Å². The number of alkyl halides is 1. The average molecular weight is 510 g/mol. The van der Waals surface area contributed by atoms with E-state index in [1.165, 1.54) is 83.5 Å². The normalized spacial score (nSPS) is 13.2. The van der Waals surface area contributed by atoms with Crippen LogP contribution in [0.25, 0.3) is 0 Å². The van der Waals surface area contributed by atoms with Crippen LogP contribution in [0.4, 0.5) is 0 Å². The Kier molecular flexibility index (Phi) is 24.5. The Bertz CT molecular complexity index is 390. The van der Waals surface area contributed by atoms with Crippen molar-refractivity contribution in [3.63, 3.8) is 0 Å². The molecule has 0 radical (unpaired) electrons. The molecule has 4 nitrogen and oxygen atoms in total. The molecule has 0 aromatic rings. The molecule has 0 aliphatic heterocycles. The number of hydrogen-bond acceptors (Lipinski definition) is 4. The van der Waals surface area contributed by atoms with Gasteiger partial charge in [0, 0.05) is 30.7 Å². The number of halogens is 1. The molecule has 0 aromatic carbocycles. The Hall–Kier alpha value is 0.347. The van der Waals surface area contributed by atoms with Gasteiger partial charge in [0.15, 0.2) is 0 Å². The SMILES string of the molecule is CCCCCCCCCCCCCCC(CCC[Si](OCC)(OCC)OCC)C(C)(C)Cl.N. The lowest BCUT2D eigenvalue weighted by atomic mass is 9.86. The van der Waals surface area contributed by atoms with Crippen LogP contribution in [0.3, 0.4) is 0 Å². The molecule has 6 heteroatoms. The Labute approximate surface area is 214 Å². The van der Waals surface area contributed by atoms with Gasteiger partial charge in [-0.2, -0.15) is 0 Å². The summed E-state index contributed by atoms with van der Waals surface area (Å²) in [5.41, 5.74) is 0. The lowest BCUT2D eigenvalue weighted by Gasteiger charge is -2.31. The highest BCUT2D eigenvalue weighted by Crippen LogP contribution is 2.34. The third-order valence-electron chi connectivity index (χ3n) is 6.51. The summed E-state index contributed by atoms with van der Waals surface area (Å²) in [6.45, 7) is 14.7. The molecule has 3 N–H and O–H groups in total. The minimum absolute atomic E-state index is 0. The van der Waals surface area contributed by atoms with E-state index < -0.39 is 8.80 Å². The van der Waals surface area contributed by atoms with Crippen LogP contribution in [0, 0.1) is 5.92 Å². The molecule has 0 rings (SSSR count). The zero-order valence-corrected chi connectivity index (χ0v) is 25.1. The molecular formula is C27H60ClNO3Si. The van der Waals surface area contributed by atoms with Gasteiger partial charge in [-0.15, -0.1) is 11.6 Å². The van der Waals surface area contributed by atoms with E-state index in [1.807, 2.05) is 20.8 Å². The second-order valence-corrected chi connectivity index (χ2v) is 13.5. The summed E-state index contributed by atoms with van der Waals surface area (Å²) in [5.74, 6) is 0.531. The first-order valence-electron chi connectivity index (χ1n) is 14.0. The molecule has 0 bridgehead atoms. The predicted molar refractivity (Wildman–Crippen MR) is 149 cm³/mol. The monoisotopic (exact) mass is 509 g/mol. The van der Waals surface area contributed by atoms with Crippen molar-refractivity contribution in [2.24, 2.45) is 5.92 Å². The Morgan fingerprint density at radius 1 is 0.606 bits per heavy atom. The van der Waals surface area contributed by atoms with Crippen molar-refractivity contribution in [1.29, 1.82) is 0 Å². The van der Waals surface area contributed by atoms with Crippen LogP contribution in [-0.2, 0) is 13.3 Å². The molecule has 0 aliphatic carbocycles. The van der Waals surface area contributed by atoms with E-state index in [4.69, 9.17) is 24.9 Å². The van der Waals surface area contributed by atoms with Crippen LogP contribution in [-0.4, -0.2) is 33.5 Å². The molecule has 0 amide bonds. The van der Waals surface area contributed by atoms with Crippen molar-refractivity contribution in [3.8, 4) is 0 Å². The van der Waals surface area contributed by atoms with Crippen molar-refractivity contribution in [2.45, 2.75) is 149 Å². The second-order valence-electron chi connectivity index (χ2n) is 9.81. The maximum absolute atomic E-state index is 6.79. The molecule has 0 heterocycles. The molecule has 0 aromatic heterocycles. The van der Waals surface area contributed by atoms with Gasteiger partial charge in [-0.3, -0.25) is 0 Å².